The van der Waals surface area contributed by atoms with E-state index in [4.69, 9.17) is 0 Å². The molecule has 0 atom stereocenters. The average Bonchev–Trinajstić information content (AvgIpc) is 2.77. The molecule has 0 spiro atoms. The van der Waals surface area contributed by atoms with Crippen LogP contribution in [0.15, 0.2) is 30.3 Å². The van der Waals surface area contributed by atoms with E-state index in [1.165, 1.54) is 6.92 Å². The molecule has 2 aromatic rings. The monoisotopic (exact) mass is 244 g/mol. The topological polar surface area (TPSA) is 87.7 Å². The summed E-state index contributed by atoms with van der Waals surface area (Å²) in [6, 6.07) is 9.41. The van der Waals surface area contributed by atoms with Gasteiger partial charge in [-0.15, -0.1) is 5.10 Å². The number of rotatable bonds is 4. The first-order valence-electron chi connectivity index (χ1n) is 5.42. The Labute approximate surface area is 103 Å². The fourth-order valence-electron chi connectivity index (χ4n) is 1.44. The zero-order valence-corrected chi connectivity index (χ0v) is 9.80. The number of benzene rings is 1. The van der Waals surface area contributed by atoms with Crippen molar-refractivity contribution in [3.05, 3.63) is 30.3 Å². The van der Waals surface area contributed by atoms with Gasteiger partial charge in [0.25, 0.3) is 0 Å². The van der Waals surface area contributed by atoms with E-state index < -0.39 is 5.91 Å². The van der Waals surface area contributed by atoms with E-state index in [1.54, 1.807) is 0 Å². The van der Waals surface area contributed by atoms with Crippen LogP contribution in [0.2, 0.25) is 0 Å². The Balaban J connectivity index is 2.07. The second-order valence-corrected chi connectivity index (χ2v) is 3.80. The van der Waals surface area contributed by atoms with Crippen LogP contribution in [0, 0.1) is 0 Å². The van der Waals surface area contributed by atoms with Crippen molar-refractivity contribution in [2.75, 3.05) is 5.32 Å². The first-order chi connectivity index (χ1) is 8.65. The van der Waals surface area contributed by atoms with Crippen molar-refractivity contribution in [1.82, 2.24) is 15.2 Å². The molecule has 0 aliphatic carbocycles. The molecule has 92 valence electrons. The molecule has 0 aliphatic heterocycles. The lowest BCUT2D eigenvalue weighted by Gasteiger charge is -1.96. The predicted molar refractivity (Wildman–Crippen MR) is 65.7 cm³/mol. The van der Waals surface area contributed by atoms with Crippen LogP contribution >= 0.6 is 0 Å². The summed E-state index contributed by atoms with van der Waals surface area (Å²) in [5.41, 5.74) is 0.872. The molecule has 1 aromatic heterocycles. The molecule has 0 saturated carbocycles. The van der Waals surface area contributed by atoms with E-state index in [9.17, 15) is 9.59 Å². The number of aromatic nitrogens is 3. The van der Waals surface area contributed by atoms with Crippen molar-refractivity contribution in [2.24, 2.45) is 0 Å². The lowest BCUT2D eigenvalue weighted by Crippen LogP contribution is -2.15. The molecule has 1 aromatic carbocycles. The number of Topliss-reactive ketones (excluding diaryl/α,β-unsaturated/α-hetero) is 1. The minimum absolute atomic E-state index is 0.167. The Hall–Kier alpha value is -2.50. The van der Waals surface area contributed by atoms with Crippen LogP contribution in [0.25, 0.3) is 11.4 Å². The van der Waals surface area contributed by atoms with Crippen molar-refractivity contribution in [1.29, 1.82) is 0 Å². The minimum atomic E-state index is -0.416. The summed E-state index contributed by atoms with van der Waals surface area (Å²) in [6.45, 7) is 1.35. The van der Waals surface area contributed by atoms with Crippen LogP contribution in [0.4, 0.5) is 5.95 Å². The maximum Gasteiger partial charge on any atom is 0.249 e. The third-order valence-corrected chi connectivity index (χ3v) is 2.19. The Morgan fingerprint density at radius 1 is 1.28 bits per heavy atom. The van der Waals surface area contributed by atoms with Crippen molar-refractivity contribution in [3.63, 3.8) is 0 Å². The summed E-state index contributed by atoms with van der Waals surface area (Å²) in [4.78, 5) is 26.2. The van der Waals surface area contributed by atoms with E-state index in [0.717, 1.165) is 5.56 Å². The highest BCUT2D eigenvalue weighted by molar-refractivity contribution is 6.02. The summed E-state index contributed by atoms with van der Waals surface area (Å²) < 4.78 is 0. The van der Waals surface area contributed by atoms with Gasteiger partial charge in [0.2, 0.25) is 11.9 Å². The Morgan fingerprint density at radius 2 is 2.00 bits per heavy atom. The van der Waals surface area contributed by atoms with Gasteiger partial charge in [0, 0.05) is 5.56 Å². The normalized spacial score (nSPS) is 10.1. The van der Waals surface area contributed by atoms with Gasteiger partial charge in [-0.05, 0) is 6.92 Å². The molecule has 1 amide bonds. The first-order valence-corrected chi connectivity index (χ1v) is 5.42. The number of amides is 1. The first kappa shape index (κ1) is 12.0. The molecule has 1 heterocycles. The molecule has 0 unspecified atom stereocenters. The molecule has 0 saturated heterocycles. The SMILES string of the molecule is CC(=O)CC(=O)Nc1n[nH]c(-c2ccccc2)n1. The van der Waals surface area contributed by atoms with Crippen molar-refractivity contribution in [3.8, 4) is 11.4 Å². The van der Waals surface area contributed by atoms with Gasteiger partial charge in [0.15, 0.2) is 5.82 Å². The third-order valence-electron chi connectivity index (χ3n) is 2.19. The Bertz CT molecular complexity index is 562. The molecule has 6 nitrogen and oxygen atoms in total. The van der Waals surface area contributed by atoms with Crippen LogP contribution < -0.4 is 5.32 Å². The van der Waals surface area contributed by atoms with Gasteiger partial charge in [-0.2, -0.15) is 4.98 Å². The highest BCUT2D eigenvalue weighted by Crippen LogP contribution is 2.14. The maximum atomic E-state index is 11.3. The smallest absolute Gasteiger partial charge is 0.249 e. The number of H-pyrrole nitrogens is 1. The van der Waals surface area contributed by atoms with Crippen molar-refractivity contribution < 1.29 is 9.59 Å². The molecule has 2 rings (SSSR count). The molecular weight excluding hydrogens is 232 g/mol. The third kappa shape index (κ3) is 3.00. The molecule has 0 bridgehead atoms. The molecule has 2 N–H and O–H groups in total. The number of ketones is 1. The molecule has 6 heteroatoms. The van der Waals surface area contributed by atoms with E-state index in [-0.39, 0.29) is 18.2 Å². The highest BCUT2D eigenvalue weighted by Gasteiger charge is 2.10. The van der Waals surface area contributed by atoms with Crippen molar-refractivity contribution >= 4 is 17.6 Å². The summed E-state index contributed by atoms with van der Waals surface area (Å²) in [5.74, 6) is 0.112. The molecule has 18 heavy (non-hydrogen) atoms. The van der Waals surface area contributed by atoms with Gasteiger partial charge in [-0.1, -0.05) is 30.3 Å². The zero-order chi connectivity index (χ0) is 13.0. The second kappa shape index (κ2) is 5.22. The van der Waals surface area contributed by atoms with Crippen LogP contribution in [-0.4, -0.2) is 26.9 Å². The fourth-order valence-corrected chi connectivity index (χ4v) is 1.44. The largest absolute Gasteiger partial charge is 0.299 e. The van der Waals surface area contributed by atoms with Gasteiger partial charge >= 0.3 is 0 Å². The van der Waals surface area contributed by atoms with Gasteiger partial charge in [0.1, 0.15) is 5.78 Å². The maximum absolute atomic E-state index is 11.3. The number of aromatic amines is 1. The van der Waals surface area contributed by atoms with Gasteiger partial charge < -0.3 is 0 Å². The van der Waals surface area contributed by atoms with Crippen molar-refractivity contribution in [2.45, 2.75) is 13.3 Å². The molecule has 0 fully saturated rings. The summed E-state index contributed by atoms with van der Waals surface area (Å²) in [7, 11) is 0. The van der Waals surface area contributed by atoms with E-state index >= 15 is 0 Å². The lowest BCUT2D eigenvalue weighted by molar-refractivity contribution is -0.124. The molecular formula is C12H12N4O2. The number of nitrogens with zero attached hydrogens (tertiary/aromatic N) is 2. The Kier molecular flexibility index (Phi) is 3.47. The van der Waals surface area contributed by atoms with Crippen LogP contribution in [0.1, 0.15) is 13.3 Å². The number of hydrogen-bond acceptors (Lipinski definition) is 4. The average molecular weight is 244 g/mol. The molecule has 0 aliphatic rings. The van der Waals surface area contributed by atoms with E-state index in [1.807, 2.05) is 30.3 Å². The zero-order valence-electron chi connectivity index (χ0n) is 9.80. The lowest BCUT2D eigenvalue weighted by atomic mass is 10.2. The van der Waals surface area contributed by atoms with Gasteiger partial charge in [-0.3, -0.25) is 20.0 Å². The van der Waals surface area contributed by atoms with Gasteiger partial charge in [-0.25, -0.2) is 0 Å². The fraction of sp³-hybridized carbons (Fsp3) is 0.167. The second-order valence-electron chi connectivity index (χ2n) is 3.80. The summed E-state index contributed by atoms with van der Waals surface area (Å²) in [6.07, 6.45) is -0.171. The summed E-state index contributed by atoms with van der Waals surface area (Å²) in [5, 5.41) is 9.03. The molecule has 0 radical (unpaired) electrons. The van der Waals surface area contributed by atoms with Gasteiger partial charge in [0.05, 0.1) is 6.42 Å². The van der Waals surface area contributed by atoms with Crippen LogP contribution in [-0.2, 0) is 9.59 Å². The minimum Gasteiger partial charge on any atom is -0.299 e. The van der Waals surface area contributed by atoms with E-state index in [2.05, 4.69) is 20.5 Å². The number of nitrogens with one attached hydrogen (secondary N) is 2. The number of carbonyl (C=O) groups excluding carboxylic acids is 2. The highest BCUT2D eigenvalue weighted by atomic mass is 16.2. The quantitative estimate of drug-likeness (QED) is 0.795. The summed E-state index contributed by atoms with van der Waals surface area (Å²) >= 11 is 0. The predicted octanol–water partition coefficient (Wildman–Crippen LogP) is 1.39. The number of hydrogen-bond donors (Lipinski definition) is 2. The Morgan fingerprint density at radius 3 is 2.67 bits per heavy atom. The number of anilines is 1. The van der Waals surface area contributed by atoms with Crippen LogP contribution in [0.3, 0.4) is 0 Å². The van der Waals surface area contributed by atoms with E-state index in [0.29, 0.717) is 5.82 Å². The number of carbonyl (C=O) groups is 2. The standard InChI is InChI=1S/C12H12N4O2/c1-8(17)7-10(18)13-12-14-11(15-16-12)9-5-3-2-4-6-9/h2-6H,7H2,1H3,(H2,13,14,15,16,18). The van der Waals surface area contributed by atoms with Crippen LogP contribution in [0.5, 0.6) is 0 Å².